The minimum Gasteiger partial charge on any atom is -0.508 e. The van der Waals surface area contributed by atoms with Crippen molar-refractivity contribution >= 4 is 35.5 Å². The molecule has 1 aromatic rings. The Balaban J connectivity index is 3.39. The molecular weight excluding hydrogens is 672 g/mol. The topological polar surface area (TPSA) is 272 Å². The molecule has 6 atom stereocenters. The van der Waals surface area contributed by atoms with Crippen molar-refractivity contribution in [3.8, 4) is 5.75 Å². The van der Waals surface area contributed by atoms with E-state index in [0.717, 1.165) is 4.90 Å². The molecule has 292 valence electrons. The van der Waals surface area contributed by atoms with Gasteiger partial charge in [0.15, 0.2) is 0 Å². The van der Waals surface area contributed by atoms with Crippen molar-refractivity contribution in [3.63, 3.8) is 0 Å². The molecule has 0 aliphatic carbocycles. The molecule has 0 heterocycles. The quantitative estimate of drug-likeness (QED) is 0.0477. The third kappa shape index (κ3) is 16.2. The van der Waals surface area contributed by atoms with Gasteiger partial charge in [-0.25, -0.2) is 4.79 Å². The zero-order valence-electron chi connectivity index (χ0n) is 30.9. The molecule has 0 fully saturated rings. The summed E-state index contributed by atoms with van der Waals surface area (Å²) in [4.78, 5) is 80.5. The molecule has 12 N–H and O–H groups in total. The summed E-state index contributed by atoms with van der Waals surface area (Å²) in [5.74, 6) is -4.50. The van der Waals surface area contributed by atoms with E-state index in [1.807, 2.05) is 13.8 Å². The van der Waals surface area contributed by atoms with Gasteiger partial charge < -0.3 is 53.6 Å². The Morgan fingerprint density at radius 3 is 1.69 bits per heavy atom. The van der Waals surface area contributed by atoms with Crippen LogP contribution in [-0.4, -0.2) is 107 Å². The SMILES string of the molecule is C=CC[C@H](NC(=O)[C@H](CCCCN)NC(=O)[C@H](CCCCN)NC(=O)[C@H](C)N)C(=O)N(C)[C@@H](Cc1ccc(O)cc1)C(=O)N[C@@H](CC(C)C)C(=O)O. The van der Waals surface area contributed by atoms with Crippen LogP contribution in [-0.2, 0) is 35.2 Å². The number of hydrogen-bond acceptors (Lipinski definition) is 10. The van der Waals surface area contributed by atoms with Gasteiger partial charge in [0.1, 0.15) is 36.0 Å². The number of aromatic hydroxyl groups is 1. The van der Waals surface area contributed by atoms with Gasteiger partial charge in [-0.1, -0.05) is 32.1 Å². The van der Waals surface area contributed by atoms with Crippen LogP contribution in [0.3, 0.4) is 0 Å². The Hall–Kier alpha value is -4.54. The molecule has 0 aliphatic heterocycles. The molecule has 0 unspecified atom stereocenters. The summed E-state index contributed by atoms with van der Waals surface area (Å²) in [5, 5.41) is 30.1. The molecular formula is C36H60N8O8. The van der Waals surface area contributed by atoms with Crippen molar-refractivity contribution in [2.75, 3.05) is 20.1 Å². The Bertz CT molecular complexity index is 1320. The first-order chi connectivity index (χ1) is 24.6. The minimum atomic E-state index is -1.22. The van der Waals surface area contributed by atoms with Crippen molar-refractivity contribution < 1.29 is 39.0 Å². The Kier molecular flexibility index (Phi) is 20.9. The zero-order valence-corrected chi connectivity index (χ0v) is 30.9. The standard InChI is InChI=1S/C36H60N8O8/c1-6-11-28(42-33(48)27(13-8-10-19-38)41-32(47)26(12-7-9-18-37)40-31(46)23(4)39)35(50)44(5)30(21-24-14-16-25(45)17-15-24)34(49)43-29(36(51)52)20-22(2)3/h6,14-17,22-23,26-30,45H,1,7-13,18-21,37-39H2,2-5H3,(H,40,46)(H,41,47)(H,42,48)(H,43,49)(H,51,52)/t23-,26-,27-,28-,29-,30-/m0/s1. The summed E-state index contributed by atoms with van der Waals surface area (Å²) in [6, 6.07) is -0.610. The summed E-state index contributed by atoms with van der Waals surface area (Å²) < 4.78 is 0. The lowest BCUT2D eigenvalue weighted by Gasteiger charge is -2.32. The number of benzene rings is 1. The number of rotatable bonds is 25. The fraction of sp³-hybridized carbons (Fsp3) is 0.611. The van der Waals surface area contributed by atoms with E-state index in [0.29, 0.717) is 44.3 Å². The molecule has 0 saturated heterocycles. The maximum Gasteiger partial charge on any atom is 0.326 e. The van der Waals surface area contributed by atoms with E-state index in [9.17, 15) is 39.0 Å². The van der Waals surface area contributed by atoms with E-state index in [1.165, 1.54) is 32.2 Å². The van der Waals surface area contributed by atoms with Gasteiger partial charge in [0.05, 0.1) is 6.04 Å². The summed E-state index contributed by atoms with van der Waals surface area (Å²) in [7, 11) is 1.38. The molecule has 0 aliphatic rings. The fourth-order valence-electron chi connectivity index (χ4n) is 5.38. The predicted molar refractivity (Wildman–Crippen MR) is 197 cm³/mol. The van der Waals surface area contributed by atoms with E-state index >= 15 is 0 Å². The van der Waals surface area contributed by atoms with Gasteiger partial charge in [-0.05, 0) is 95.0 Å². The van der Waals surface area contributed by atoms with Crippen molar-refractivity contribution in [2.24, 2.45) is 23.1 Å². The van der Waals surface area contributed by atoms with Crippen LogP contribution in [0.2, 0.25) is 0 Å². The minimum absolute atomic E-state index is 0.00266. The smallest absolute Gasteiger partial charge is 0.326 e. The summed E-state index contributed by atoms with van der Waals surface area (Å²) in [6.45, 7) is 9.57. The van der Waals surface area contributed by atoms with Crippen molar-refractivity contribution in [3.05, 3.63) is 42.5 Å². The van der Waals surface area contributed by atoms with Crippen LogP contribution in [0, 0.1) is 5.92 Å². The first-order valence-corrected chi connectivity index (χ1v) is 17.8. The number of nitrogens with one attached hydrogen (secondary N) is 4. The summed E-state index contributed by atoms with van der Waals surface area (Å²) in [6.07, 6.45) is 4.10. The molecule has 1 rings (SSSR count). The second kappa shape index (κ2) is 23.8. The van der Waals surface area contributed by atoms with Gasteiger partial charge in [0, 0.05) is 13.5 Å². The van der Waals surface area contributed by atoms with Crippen LogP contribution in [0.4, 0.5) is 0 Å². The van der Waals surface area contributed by atoms with E-state index < -0.39 is 71.8 Å². The maximum absolute atomic E-state index is 14.1. The van der Waals surface area contributed by atoms with Gasteiger partial charge in [-0.3, -0.25) is 24.0 Å². The molecule has 5 amide bonds. The number of hydrogen-bond donors (Lipinski definition) is 9. The highest BCUT2D eigenvalue weighted by Gasteiger charge is 2.35. The second-order valence-corrected chi connectivity index (χ2v) is 13.4. The number of unbranched alkanes of at least 4 members (excludes halogenated alkanes) is 2. The van der Waals surface area contributed by atoms with E-state index in [2.05, 4.69) is 27.8 Å². The molecule has 0 aromatic heterocycles. The third-order valence-electron chi connectivity index (χ3n) is 8.40. The number of carbonyl (C=O) groups excluding carboxylic acids is 5. The predicted octanol–water partition coefficient (Wildman–Crippen LogP) is 0.0129. The van der Waals surface area contributed by atoms with E-state index in [-0.39, 0.29) is 43.8 Å². The number of phenols is 1. The first-order valence-electron chi connectivity index (χ1n) is 17.8. The lowest BCUT2D eigenvalue weighted by atomic mass is 10.00. The van der Waals surface area contributed by atoms with Crippen LogP contribution in [0.15, 0.2) is 36.9 Å². The van der Waals surface area contributed by atoms with Crippen LogP contribution in [0.5, 0.6) is 5.75 Å². The highest BCUT2D eigenvalue weighted by atomic mass is 16.4. The Labute approximate surface area is 306 Å². The van der Waals surface area contributed by atoms with Gasteiger partial charge in [-0.15, -0.1) is 6.58 Å². The number of likely N-dealkylation sites (N-methyl/N-ethyl adjacent to an activating group) is 1. The number of phenolic OH excluding ortho intramolecular Hbond substituents is 1. The number of carbonyl (C=O) groups is 6. The van der Waals surface area contributed by atoms with E-state index in [1.54, 1.807) is 12.1 Å². The number of nitrogens with two attached hydrogens (primary N) is 3. The lowest BCUT2D eigenvalue weighted by molar-refractivity contribution is -0.145. The van der Waals surface area contributed by atoms with Crippen LogP contribution < -0.4 is 38.5 Å². The van der Waals surface area contributed by atoms with Crippen molar-refractivity contribution in [1.82, 2.24) is 26.2 Å². The van der Waals surface area contributed by atoms with Crippen LogP contribution >= 0.6 is 0 Å². The highest BCUT2D eigenvalue weighted by Crippen LogP contribution is 2.16. The van der Waals surface area contributed by atoms with Crippen molar-refractivity contribution in [2.45, 2.75) is 115 Å². The Morgan fingerprint density at radius 2 is 1.25 bits per heavy atom. The normalized spacial score (nSPS) is 14.5. The van der Waals surface area contributed by atoms with Gasteiger partial charge in [-0.2, -0.15) is 0 Å². The second-order valence-electron chi connectivity index (χ2n) is 13.4. The van der Waals surface area contributed by atoms with Crippen molar-refractivity contribution in [1.29, 1.82) is 0 Å². The average Bonchev–Trinajstić information content (AvgIpc) is 3.08. The molecule has 16 nitrogen and oxygen atoms in total. The molecule has 0 bridgehead atoms. The fourth-order valence-corrected chi connectivity index (χ4v) is 5.38. The average molecular weight is 733 g/mol. The first kappa shape index (κ1) is 45.5. The number of amides is 5. The molecule has 0 spiro atoms. The van der Waals surface area contributed by atoms with E-state index in [4.69, 9.17) is 17.2 Å². The number of nitrogens with zero attached hydrogens (tertiary/aromatic N) is 1. The molecule has 16 heteroatoms. The lowest BCUT2D eigenvalue weighted by Crippen LogP contribution is -2.59. The number of aliphatic carboxylic acids is 1. The molecule has 1 aromatic carbocycles. The zero-order chi connectivity index (χ0) is 39.4. The third-order valence-corrected chi connectivity index (χ3v) is 8.40. The van der Waals surface area contributed by atoms with Gasteiger partial charge >= 0.3 is 5.97 Å². The van der Waals surface area contributed by atoms with Gasteiger partial charge in [0.25, 0.3) is 0 Å². The summed E-state index contributed by atoms with van der Waals surface area (Å²) >= 11 is 0. The highest BCUT2D eigenvalue weighted by molar-refractivity contribution is 5.96. The van der Waals surface area contributed by atoms with Crippen LogP contribution in [0.25, 0.3) is 0 Å². The monoisotopic (exact) mass is 732 g/mol. The maximum atomic E-state index is 14.1. The summed E-state index contributed by atoms with van der Waals surface area (Å²) in [5.41, 5.74) is 17.6. The molecule has 0 radical (unpaired) electrons. The number of carboxylic acid groups (broad SMARTS) is 1. The van der Waals surface area contributed by atoms with Gasteiger partial charge in [0.2, 0.25) is 29.5 Å². The number of carboxylic acids is 1. The molecule has 52 heavy (non-hydrogen) atoms. The largest absolute Gasteiger partial charge is 0.508 e. The van der Waals surface area contributed by atoms with Crippen LogP contribution in [0.1, 0.15) is 77.7 Å². The molecule has 0 saturated carbocycles. The Morgan fingerprint density at radius 1 is 0.769 bits per heavy atom.